The Balaban J connectivity index is 1.32. The molecule has 0 aromatic heterocycles. The van der Waals surface area contributed by atoms with Gasteiger partial charge < -0.3 is 10.2 Å². The Hall–Kier alpha value is -0.660. The molecule has 0 radical (unpaired) electrons. The van der Waals surface area contributed by atoms with E-state index in [2.05, 4.69) is 5.32 Å². The molecule has 0 aromatic rings. The molecule has 0 aromatic carbocycles. The van der Waals surface area contributed by atoms with Crippen LogP contribution in [-0.2, 0) is 14.8 Å². The molecule has 1 saturated carbocycles. The van der Waals surface area contributed by atoms with Crippen LogP contribution in [0.4, 0.5) is 0 Å². The van der Waals surface area contributed by atoms with Gasteiger partial charge >= 0.3 is 0 Å². The minimum absolute atomic E-state index is 0.109. The zero-order chi connectivity index (χ0) is 17.0. The molecule has 24 heavy (non-hydrogen) atoms. The second-order valence-corrected chi connectivity index (χ2v) is 9.62. The SMILES string of the molecule is O=C(CCCS(=O)(=O)N1CCCC1)N1CCC(NCC2CC2)CC1. The molecule has 1 amide bonds. The molecule has 1 N–H and O–H groups in total. The summed E-state index contributed by atoms with van der Waals surface area (Å²) in [7, 11) is -3.15. The van der Waals surface area contributed by atoms with Crippen LogP contribution in [-0.4, -0.2) is 68.0 Å². The smallest absolute Gasteiger partial charge is 0.222 e. The summed E-state index contributed by atoms with van der Waals surface area (Å²) >= 11 is 0. The summed E-state index contributed by atoms with van der Waals surface area (Å²) in [5.41, 5.74) is 0. The lowest BCUT2D eigenvalue weighted by atomic mass is 10.0. The Morgan fingerprint density at radius 2 is 1.67 bits per heavy atom. The maximum Gasteiger partial charge on any atom is 0.222 e. The molecule has 0 unspecified atom stereocenters. The second kappa shape index (κ2) is 8.15. The van der Waals surface area contributed by atoms with Crippen LogP contribution in [0.25, 0.3) is 0 Å². The van der Waals surface area contributed by atoms with Crippen molar-refractivity contribution in [2.45, 2.75) is 57.4 Å². The molecule has 3 aliphatic rings. The molecular formula is C17H31N3O3S. The van der Waals surface area contributed by atoms with Gasteiger partial charge in [-0.2, -0.15) is 0 Å². The van der Waals surface area contributed by atoms with E-state index in [0.29, 0.717) is 32.0 Å². The van der Waals surface area contributed by atoms with E-state index >= 15 is 0 Å². The molecule has 2 aliphatic heterocycles. The van der Waals surface area contributed by atoms with Crippen molar-refractivity contribution < 1.29 is 13.2 Å². The zero-order valence-corrected chi connectivity index (χ0v) is 15.4. The zero-order valence-electron chi connectivity index (χ0n) is 14.6. The third-order valence-electron chi connectivity index (χ3n) is 5.49. The quantitative estimate of drug-likeness (QED) is 0.708. The highest BCUT2D eigenvalue weighted by molar-refractivity contribution is 7.89. The lowest BCUT2D eigenvalue weighted by Gasteiger charge is -2.32. The van der Waals surface area contributed by atoms with Crippen molar-refractivity contribution in [1.82, 2.24) is 14.5 Å². The van der Waals surface area contributed by atoms with Crippen molar-refractivity contribution in [3.05, 3.63) is 0 Å². The Morgan fingerprint density at radius 1 is 1.00 bits per heavy atom. The fraction of sp³-hybridized carbons (Fsp3) is 0.941. The first-order valence-corrected chi connectivity index (χ1v) is 11.1. The lowest BCUT2D eigenvalue weighted by Crippen LogP contribution is -2.45. The molecule has 3 fully saturated rings. The van der Waals surface area contributed by atoms with Crippen LogP contribution in [0.3, 0.4) is 0 Å². The third-order valence-corrected chi connectivity index (χ3v) is 7.45. The maximum absolute atomic E-state index is 12.3. The Labute approximate surface area is 146 Å². The maximum atomic E-state index is 12.3. The van der Waals surface area contributed by atoms with Gasteiger partial charge in [-0.15, -0.1) is 0 Å². The van der Waals surface area contributed by atoms with Crippen LogP contribution < -0.4 is 5.32 Å². The highest BCUT2D eigenvalue weighted by Crippen LogP contribution is 2.28. The van der Waals surface area contributed by atoms with Crippen molar-refractivity contribution in [2.24, 2.45) is 5.92 Å². The van der Waals surface area contributed by atoms with Gasteiger partial charge in [0.05, 0.1) is 5.75 Å². The molecule has 6 nitrogen and oxygen atoms in total. The second-order valence-electron chi connectivity index (χ2n) is 7.53. The largest absolute Gasteiger partial charge is 0.343 e. The van der Waals surface area contributed by atoms with E-state index < -0.39 is 10.0 Å². The standard InChI is InChI=1S/C17H31N3O3S/c21-17(4-3-13-24(22,23)20-9-1-2-10-20)19-11-7-16(8-12-19)18-14-15-5-6-15/h15-16,18H,1-14H2. The van der Waals surface area contributed by atoms with Crippen LogP contribution in [0.15, 0.2) is 0 Å². The van der Waals surface area contributed by atoms with Gasteiger partial charge in [-0.25, -0.2) is 12.7 Å². The fourth-order valence-corrected chi connectivity index (χ4v) is 5.23. The molecule has 0 atom stereocenters. The number of amides is 1. The van der Waals surface area contributed by atoms with Crippen LogP contribution in [0.1, 0.15) is 51.4 Å². The van der Waals surface area contributed by atoms with Gasteiger partial charge in [-0.1, -0.05) is 0 Å². The molecule has 7 heteroatoms. The van der Waals surface area contributed by atoms with Gasteiger partial charge in [0, 0.05) is 38.6 Å². The van der Waals surface area contributed by atoms with Gasteiger partial charge in [0.25, 0.3) is 0 Å². The number of nitrogens with one attached hydrogen (secondary N) is 1. The summed E-state index contributed by atoms with van der Waals surface area (Å²) in [6, 6.07) is 0.546. The Bertz CT molecular complexity index is 519. The summed E-state index contributed by atoms with van der Waals surface area (Å²) < 4.78 is 25.9. The predicted molar refractivity (Wildman–Crippen MR) is 94.2 cm³/mol. The van der Waals surface area contributed by atoms with E-state index in [1.165, 1.54) is 12.8 Å². The van der Waals surface area contributed by atoms with Gasteiger partial charge in [0.2, 0.25) is 15.9 Å². The van der Waals surface area contributed by atoms with E-state index in [-0.39, 0.29) is 11.7 Å². The van der Waals surface area contributed by atoms with E-state index in [1.807, 2.05) is 4.90 Å². The van der Waals surface area contributed by atoms with Crippen LogP contribution in [0.2, 0.25) is 0 Å². The van der Waals surface area contributed by atoms with Crippen LogP contribution in [0.5, 0.6) is 0 Å². The minimum Gasteiger partial charge on any atom is -0.343 e. The van der Waals surface area contributed by atoms with Gasteiger partial charge in [-0.05, 0) is 57.4 Å². The summed E-state index contributed by atoms with van der Waals surface area (Å²) in [6.07, 6.45) is 7.49. The number of nitrogens with zero attached hydrogens (tertiary/aromatic N) is 2. The number of carbonyl (C=O) groups is 1. The predicted octanol–water partition coefficient (Wildman–Crippen LogP) is 1.18. The van der Waals surface area contributed by atoms with Crippen molar-refractivity contribution in [3.63, 3.8) is 0 Å². The number of likely N-dealkylation sites (tertiary alicyclic amines) is 1. The van der Waals surface area contributed by atoms with E-state index in [1.54, 1.807) is 4.31 Å². The molecular weight excluding hydrogens is 326 g/mol. The fourth-order valence-electron chi connectivity index (χ4n) is 3.65. The van der Waals surface area contributed by atoms with Crippen molar-refractivity contribution in [1.29, 1.82) is 0 Å². The summed E-state index contributed by atoms with van der Waals surface area (Å²) in [5.74, 6) is 1.12. The molecule has 2 heterocycles. The molecule has 138 valence electrons. The van der Waals surface area contributed by atoms with Crippen molar-refractivity contribution in [2.75, 3.05) is 38.5 Å². The number of rotatable bonds is 8. The first kappa shape index (κ1) is 18.1. The Morgan fingerprint density at radius 3 is 2.29 bits per heavy atom. The first-order chi connectivity index (χ1) is 11.5. The van der Waals surface area contributed by atoms with Gasteiger partial charge in [-0.3, -0.25) is 4.79 Å². The van der Waals surface area contributed by atoms with Gasteiger partial charge in [0.1, 0.15) is 0 Å². The lowest BCUT2D eigenvalue weighted by molar-refractivity contribution is -0.132. The monoisotopic (exact) mass is 357 g/mol. The number of carbonyl (C=O) groups excluding carboxylic acids is 1. The van der Waals surface area contributed by atoms with Gasteiger partial charge in [0.15, 0.2) is 0 Å². The molecule has 0 bridgehead atoms. The van der Waals surface area contributed by atoms with Crippen LogP contribution in [0, 0.1) is 5.92 Å². The molecule has 2 saturated heterocycles. The topological polar surface area (TPSA) is 69.7 Å². The molecule has 0 spiro atoms. The number of hydrogen-bond acceptors (Lipinski definition) is 4. The molecule has 1 aliphatic carbocycles. The van der Waals surface area contributed by atoms with E-state index in [0.717, 1.165) is 51.2 Å². The van der Waals surface area contributed by atoms with E-state index in [9.17, 15) is 13.2 Å². The van der Waals surface area contributed by atoms with Crippen molar-refractivity contribution in [3.8, 4) is 0 Å². The van der Waals surface area contributed by atoms with Crippen LogP contribution >= 0.6 is 0 Å². The summed E-state index contributed by atoms with van der Waals surface area (Å²) in [5, 5.41) is 3.61. The highest BCUT2D eigenvalue weighted by Gasteiger charge is 2.27. The highest BCUT2D eigenvalue weighted by atomic mass is 32.2. The minimum atomic E-state index is -3.15. The first-order valence-electron chi connectivity index (χ1n) is 9.53. The third kappa shape index (κ3) is 5.17. The van der Waals surface area contributed by atoms with E-state index in [4.69, 9.17) is 0 Å². The summed E-state index contributed by atoms with van der Waals surface area (Å²) in [4.78, 5) is 14.2. The number of hydrogen-bond donors (Lipinski definition) is 1. The average molecular weight is 358 g/mol. The normalized spacial score (nSPS) is 23.8. The Kier molecular flexibility index (Phi) is 6.16. The van der Waals surface area contributed by atoms with Crippen molar-refractivity contribution >= 4 is 15.9 Å². The molecule has 3 rings (SSSR count). The summed E-state index contributed by atoms with van der Waals surface area (Å²) in [6.45, 7) is 4.04. The number of sulfonamides is 1. The number of piperidine rings is 1. The average Bonchev–Trinajstić information content (AvgIpc) is 3.22.